The van der Waals surface area contributed by atoms with E-state index in [0.717, 1.165) is 6.07 Å². The van der Waals surface area contributed by atoms with Gasteiger partial charge in [0.2, 0.25) is 0 Å². The molecule has 0 N–H and O–H groups in total. The molecule has 15 heavy (non-hydrogen) atoms. The van der Waals surface area contributed by atoms with E-state index in [1.807, 2.05) is 0 Å². The first kappa shape index (κ1) is 14.6. The van der Waals surface area contributed by atoms with Crippen LogP contribution in [0.2, 0.25) is 0 Å². The van der Waals surface area contributed by atoms with Crippen LogP contribution in [0.1, 0.15) is 29.3 Å². The number of rotatable bonds is 3. The normalized spacial score (nSPS) is 9.27. The Morgan fingerprint density at radius 1 is 1.47 bits per heavy atom. The third-order valence-electron chi connectivity index (χ3n) is 1.80. The molecule has 1 aromatic rings. The molecule has 0 bridgehead atoms. The van der Waals surface area contributed by atoms with Gasteiger partial charge in [-0.1, -0.05) is 12.5 Å². The number of hydrogen-bond acceptors (Lipinski definition) is 2. The molecule has 0 aliphatic carbocycles. The van der Waals surface area contributed by atoms with Gasteiger partial charge in [-0.05, 0) is 6.92 Å². The average Bonchev–Trinajstić information content (AvgIpc) is 2.08. The molecule has 77 valence electrons. The number of hydrogen-bond donors (Lipinski definition) is 0. The maximum Gasteiger partial charge on any atom is 0.128 e. The van der Waals surface area contributed by atoms with E-state index in [1.54, 1.807) is 6.92 Å². The van der Waals surface area contributed by atoms with E-state index in [1.165, 1.54) is 13.0 Å². The zero-order chi connectivity index (χ0) is 10.7. The summed E-state index contributed by atoms with van der Waals surface area (Å²) in [5, 5.41) is 0. The molecule has 0 unspecified atom stereocenters. The van der Waals surface area contributed by atoms with E-state index in [4.69, 9.17) is 0 Å². The molecular formula is C11H10FO2Y-. The van der Waals surface area contributed by atoms with Gasteiger partial charge in [0.25, 0.3) is 0 Å². The van der Waals surface area contributed by atoms with Crippen LogP contribution < -0.4 is 0 Å². The largest absolute Gasteiger partial charge is 0.351 e. The fraction of sp³-hybridized carbons (Fsp3) is 0.273. The topological polar surface area (TPSA) is 34.1 Å². The summed E-state index contributed by atoms with van der Waals surface area (Å²) >= 11 is 0. The zero-order valence-electron chi connectivity index (χ0n) is 8.63. The summed E-state index contributed by atoms with van der Waals surface area (Å²) in [5.41, 5.74) is 0.563. The average molecular weight is 282 g/mol. The SMILES string of the molecule is CC(=O)CC(=O)c1[c-]cc(C)c(F)c1.[Y]. The van der Waals surface area contributed by atoms with Gasteiger partial charge >= 0.3 is 0 Å². The predicted octanol–water partition coefficient (Wildman–Crippen LogP) is 2.09. The molecule has 0 aliphatic rings. The number of carbonyl (C=O) groups is 2. The summed E-state index contributed by atoms with van der Waals surface area (Å²) in [6, 6.07) is 5.16. The van der Waals surface area contributed by atoms with Gasteiger partial charge in [-0.2, -0.15) is 0 Å². The van der Waals surface area contributed by atoms with Crippen molar-refractivity contribution in [1.29, 1.82) is 0 Å². The second-order valence-electron chi connectivity index (χ2n) is 3.18. The first-order valence-corrected chi connectivity index (χ1v) is 4.21. The van der Waals surface area contributed by atoms with Crippen LogP contribution in [0.25, 0.3) is 0 Å². The predicted molar refractivity (Wildman–Crippen MR) is 49.6 cm³/mol. The van der Waals surface area contributed by atoms with E-state index >= 15 is 0 Å². The van der Waals surface area contributed by atoms with Gasteiger partial charge in [0.15, 0.2) is 0 Å². The molecule has 2 nitrogen and oxygen atoms in total. The van der Waals surface area contributed by atoms with E-state index in [-0.39, 0.29) is 50.5 Å². The van der Waals surface area contributed by atoms with Crippen molar-refractivity contribution in [3.63, 3.8) is 0 Å². The summed E-state index contributed by atoms with van der Waals surface area (Å²) in [5.74, 6) is -1.07. The van der Waals surface area contributed by atoms with Crippen molar-refractivity contribution in [3.05, 3.63) is 35.1 Å². The second kappa shape index (κ2) is 6.24. The Morgan fingerprint density at radius 3 is 2.53 bits per heavy atom. The van der Waals surface area contributed by atoms with Gasteiger partial charge < -0.3 is 9.59 Å². The van der Waals surface area contributed by atoms with Crippen molar-refractivity contribution in [2.45, 2.75) is 20.3 Å². The molecular weight excluding hydrogens is 272 g/mol. The minimum absolute atomic E-state index is 0. The van der Waals surface area contributed by atoms with Crippen LogP contribution in [0.15, 0.2) is 12.1 Å². The Labute approximate surface area is 113 Å². The fourth-order valence-electron chi connectivity index (χ4n) is 1.02. The van der Waals surface area contributed by atoms with Crippen molar-refractivity contribution in [1.82, 2.24) is 0 Å². The number of ketones is 2. The molecule has 0 atom stereocenters. The molecule has 0 amide bonds. The smallest absolute Gasteiger partial charge is 0.128 e. The summed E-state index contributed by atoms with van der Waals surface area (Å²) in [7, 11) is 0. The van der Waals surface area contributed by atoms with Crippen molar-refractivity contribution in [3.8, 4) is 0 Å². The van der Waals surface area contributed by atoms with Gasteiger partial charge in [0.1, 0.15) is 5.78 Å². The first-order valence-electron chi connectivity index (χ1n) is 4.21. The Hall–Kier alpha value is -0.406. The van der Waals surface area contributed by atoms with Gasteiger partial charge in [-0.15, -0.1) is 23.8 Å². The molecule has 0 heterocycles. The molecule has 0 saturated carbocycles. The monoisotopic (exact) mass is 282 g/mol. The van der Waals surface area contributed by atoms with Crippen LogP contribution in [0.4, 0.5) is 4.39 Å². The zero-order valence-corrected chi connectivity index (χ0v) is 11.5. The van der Waals surface area contributed by atoms with Gasteiger partial charge in [-0.3, -0.25) is 0 Å². The summed E-state index contributed by atoms with van der Waals surface area (Å²) in [4.78, 5) is 22.0. The standard InChI is InChI=1S/C11H10FO2.Y/c1-7-3-4-9(6-10(7)12)11(14)5-8(2)13;/h3,6H,5H2,1-2H3;/q-1;. The number of Topliss-reactive ketones (excluding diaryl/α,β-unsaturated/α-hetero) is 2. The summed E-state index contributed by atoms with van der Waals surface area (Å²) in [6.45, 7) is 2.91. The number of benzene rings is 1. The minimum Gasteiger partial charge on any atom is -0.351 e. The summed E-state index contributed by atoms with van der Waals surface area (Å²) in [6.07, 6.45) is -0.195. The Morgan fingerprint density at radius 2 is 2.07 bits per heavy atom. The van der Waals surface area contributed by atoms with E-state index in [9.17, 15) is 14.0 Å². The maximum absolute atomic E-state index is 13.0. The molecule has 1 radical (unpaired) electrons. The van der Waals surface area contributed by atoms with Crippen LogP contribution in [0, 0.1) is 18.8 Å². The van der Waals surface area contributed by atoms with Crippen molar-refractivity contribution >= 4 is 11.6 Å². The fourth-order valence-corrected chi connectivity index (χ4v) is 1.02. The Kier molecular flexibility index (Phi) is 6.07. The Balaban J connectivity index is 0.00000196. The van der Waals surface area contributed by atoms with Crippen LogP contribution >= 0.6 is 0 Å². The molecule has 0 aliphatic heterocycles. The van der Waals surface area contributed by atoms with Crippen molar-refractivity contribution in [2.75, 3.05) is 0 Å². The Bertz CT molecular complexity index is 388. The first-order chi connectivity index (χ1) is 6.50. The number of aryl methyl sites for hydroxylation is 1. The van der Waals surface area contributed by atoms with Crippen molar-refractivity contribution < 1.29 is 46.7 Å². The van der Waals surface area contributed by atoms with E-state index in [0.29, 0.717) is 5.56 Å². The van der Waals surface area contributed by atoms with Gasteiger partial charge in [0, 0.05) is 44.9 Å². The molecule has 0 spiro atoms. The number of carbonyl (C=O) groups excluding carboxylic acids is 2. The van der Waals surface area contributed by atoms with Crippen LogP contribution in [-0.2, 0) is 37.5 Å². The minimum atomic E-state index is -0.448. The van der Waals surface area contributed by atoms with Crippen molar-refractivity contribution in [2.24, 2.45) is 0 Å². The molecule has 4 heteroatoms. The number of halogens is 1. The third kappa shape index (κ3) is 4.31. The molecule has 1 aromatic carbocycles. The molecule has 1 rings (SSSR count). The quantitative estimate of drug-likeness (QED) is 0.483. The van der Waals surface area contributed by atoms with Crippen LogP contribution in [-0.4, -0.2) is 11.6 Å². The van der Waals surface area contributed by atoms with Gasteiger partial charge in [-0.25, -0.2) is 4.39 Å². The molecule has 0 fully saturated rings. The molecule has 0 saturated heterocycles. The van der Waals surface area contributed by atoms with Crippen LogP contribution in [0.5, 0.6) is 0 Å². The maximum atomic E-state index is 13.0. The molecule has 0 aromatic heterocycles. The van der Waals surface area contributed by atoms with Crippen LogP contribution in [0.3, 0.4) is 0 Å². The van der Waals surface area contributed by atoms with E-state index in [2.05, 4.69) is 6.07 Å². The van der Waals surface area contributed by atoms with E-state index < -0.39 is 11.6 Å². The second-order valence-corrected chi connectivity index (χ2v) is 3.18. The van der Waals surface area contributed by atoms with Gasteiger partial charge in [0.05, 0.1) is 5.78 Å². The summed E-state index contributed by atoms with van der Waals surface area (Å²) < 4.78 is 13.0. The third-order valence-corrected chi connectivity index (χ3v) is 1.80.